The maximum Gasteiger partial charge on any atom is 0.0453 e. The molecule has 2 rings (SSSR count). The van der Waals surface area contributed by atoms with Gasteiger partial charge in [-0.05, 0) is 50.3 Å². The Labute approximate surface area is 134 Å². The molecule has 2 N–H and O–H groups in total. The Hall–Kier alpha value is -0.570. The van der Waals surface area contributed by atoms with E-state index in [1.165, 1.54) is 31.2 Å². The maximum absolute atomic E-state index is 6.36. The molecule has 1 saturated carbocycles. The number of halogens is 1. The predicted octanol–water partition coefficient (Wildman–Crippen LogP) is 4.49. The van der Waals surface area contributed by atoms with Gasteiger partial charge in [0.15, 0.2) is 0 Å². The van der Waals surface area contributed by atoms with Crippen LogP contribution in [0.5, 0.6) is 0 Å². The van der Waals surface area contributed by atoms with Crippen molar-refractivity contribution >= 4 is 11.6 Å². The molecule has 1 aromatic carbocycles. The van der Waals surface area contributed by atoms with Crippen molar-refractivity contribution in [3.05, 3.63) is 34.9 Å². The van der Waals surface area contributed by atoms with Gasteiger partial charge in [0.1, 0.15) is 0 Å². The highest BCUT2D eigenvalue weighted by molar-refractivity contribution is 6.31. The van der Waals surface area contributed by atoms with E-state index in [1.807, 2.05) is 12.1 Å². The van der Waals surface area contributed by atoms with E-state index in [0.29, 0.717) is 12.1 Å². The van der Waals surface area contributed by atoms with Crippen LogP contribution in [0.25, 0.3) is 0 Å². The standard InChI is InChI=1S/C18H29ClN2/c1-13-8-10-15(11-9-13)18(12-20)21(3)14(2)16-6-4-5-7-17(16)19/h4-7,13-15,18H,8-12,20H2,1-3H3. The molecule has 0 aliphatic heterocycles. The Morgan fingerprint density at radius 3 is 2.43 bits per heavy atom. The third-order valence-corrected chi connectivity index (χ3v) is 5.68. The summed E-state index contributed by atoms with van der Waals surface area (Å²) in [5.74, 6) is 1.60. The van der Waals surface area contributed by atoms with Crippen molar-refractivity contribution in [2.45, 2.75) is 51.6 Å². The van der Waals surface area contributed by atoms with Gasteiger partial charge in [-0.25, -0.2) is 0 Å². The van der Waals surface area contributed by atoms with Gasteiger partial charge < -0.3 is 5.73 Å². The average molecular weight is 309 g/mol. The number of likely N-dealkylation sites (N-methyl/N-ethyl adjacent to an activating group) is 1. The Kier molecular flexibility index (Phi) is 6.09. The average Bonchev–Trinajstić information content (AvgIpc) is 2.49. The van der Waals surface area contributed by atoms with Gasteiger partial charge >= 0.3 is 0 Å². The van der Waals surface area contributed by atoms with Crippen molar-refractivity contribution in [1.82, 2.24) is 4.90 Å². The molecule has 2 nitrogen and oxygen atoms in total. The number of benzene rings is 1. The van der Waals surface area contributed by atoms with Crippen molar-refractivity contribution in [1.29, 1.82) is 0 Å². The van der Waals surface area contributed by atoms with Crippen LogP contribution in [0.4, 0.5) is 0 Å². The van der Waals surface area contributed by atoms with E-state index in [9.17, 15) is 0 Å². The zero-order chi connectivity index (χ0) is 15.4. The zero-order valence-electron chi connectivity index (χ0n) is 13.6. The minimum atomic E-state index is 0.298. The van der Waals surface area contributed by atoms with Gasteiger partial charge in [0.05, 0.1) is 0 Å². The van der Waals surface area contributed by atoms with Gasteiger partial charge in [-0.1, -0.05) is 49.6 Å². The van der Waals surface area contributed by atoms with Gasteiger partial charge in [-0.15, -0.1) is 0 Å². The first-order valence-corrected chi connectivity index (χ1v) is 8.58. The second-order valence-electron chi connectivity index (χ2n) is 6.69. The van der Waals surface area contributed by atoms with E-state index in [1.54, 1.807) is 0 Å². The number of hydrogen-bond acceptors (Lipinski definition) is 2. The first-order valence-electron chi connectivity index (χ1n) is 8.21. The van der Waals surface area contributed by atoms with Crippen molar-refractivity contribution in [2.75, 3.05) is 13.6 Å². The number of rotatable bonds is 5. The van der Waals surface area contributed by atoms with E-state index in [2.05, 4.69) is 37.9 Å². The lowest BCUT2D eigenvalue weighted by molar-refractivity contribution is 0.104. The highest BCUT2D eigenvalue weighted by Gasteiger charge is 2.30. The fraction of sp³-hybridized carbons (Fsp3) is 0.667. The van der Waals surface area contributed by atoms with Crippen LogP contribution in [0.3, 0.4) is 0 Å². The van der Waals surface area contributed by atoms with E-state index in [0.717, 1.165) is 23.4 Å². The first-order chi connectivity index (χ1) is 10.0. The summed E-state index contributed by atoms with van der Waals surface area (Å²) in [6, 6.07) is 8.89. The van der Waals surface area contributed by atoms with Crippen LogP contribution < -0.4 is 5.73 Å². The topological polar surface area (TPSA) is 29.3 Å². The second-order valence-corrected chi connectivity index (χ2v) is 7.09. The lowest BCUT2D eigenvalue weighted by Gasteiger charge is -2.40. The molecule has 1 aromatic rings. The van der Waals surface area contributed by atoms with Crippen molar-refractivity contribution in [2.24, 2.45) is 17.6 Å². The minimum absolute atomic E-state index is 0.298. The van der Waals surface area contributed by atoms with Crippen LogP contribution in [-0.2, 0) is 0 Å². The molecule has 2 unspecified atom stereocenters. The van der Waals surface area contributed by atoms with Gasteiger partial charge in [0, 0.05) is 23.7 Å². The van der Waals surface area contributed by atoms with Crippen LogP contribution in [0.15, 0.2) is 24.3 Å². The molecule has 1 fully saturated rings. The molecule has 0 radical (unpaired) electrons. The van der Waals surface area contributed by atoms with Gasteiger partial charge in [-0.3, -0.25) is 4.90 Å². The van der Waals surface area contributed by atoms with Crippen LogP contribution >= 0.6 is 11.6 Å². The molecule has 0 spiro atoms. The molecule has 0 heterocycles. The molecule has 0 bridgehead atoms. The molecule has 0 aromatic heterocycles. The summed E-state index contributed by atoms with van der Waals surface area (Å²) in [4.78, 5) is 2.43. The summed E-state index contributed by atoms with van der Waals surface area (Å²) in [6.07, 6.45) is 5.30. The van der Waals surface area contributed by atoms with Crippen molar-refractivity contribution in [3.8, 4) is 0 Å². The Balaban J connectivity index is 2.09. The largest absolute Gasteiger partial charge is 0.329 e. The van der Waals surface area contributed by atoms with Gasteiger partial charge in [0.2, 0.25) is 0 Å². The summed E-state index contributed by atoms with van der Waals surface area (Å²) in [6.45, 7) is 5.32. The fourth-order valence-corrected chi connectivity index (χ4v) is 3.98. The second kappa shape index (κ2) is 7.62. The smallest absolute Gasteiger partial charge is 0.0453 e. The lowest BCUT2D eigenvalue weighted by atomic mass is 9.78. The molecule has 3 heteroatoms. The van der Waals surface area contributed by atoms with Crippen LogP contribution in [-0.4, -0.2) is 24.5 Å². The van der Waals surface area contributed by atoms with Gasteiger partial charge in [-0.2, -0.15) is 0 Å². The fourth-order valence-electron chi connectivity index (χ4n) is 3.68. The SMILES string of the molecule is CC1CCC(C(CN)N(C)C(C)c2ccccc2Cl)CC1. The molecule has 0 saturated heterocycles. The van der Waals surface area contributed by atoms with E-state index < -0.39 is 0 Å². The molecule has 21 heavy (non-hydrogen) atoms. The van der Waals surface area contributed by atoms with Crippen LogP contribution in [0, 0.1) is 11.8 Å². The van der Waals surface area contributed by atoms with Crippen LogP contribution in [0.1, 0.15) is 51.1 Å². The highest BCUT2D eigenvalue weighted by atomic mass is 35.5. The summed E-state index contributed by atoms with van der Waals surface area (Å²) >= 11 is 6.36. The number of hydrogen-bond donors (Lipinski definition) is 1. The number of nitrogens with two attached hydrogens (primary N) is 1. The molecule has 1 aliphatic carbocycles. The molecule has 0 amide bonds. The third-order valence-electron chi connectivity index (χ3n) is 5.34. The Morgan fingerprint density at radius 2 is 1.86 bits per heavy atom. The van der Waals surface area contributed by atoms with Crippen molar-refractivity contribution in [3.63, 3.8) is 0 Å². The van der Waals surface area contributed by atoms with Gasteiger partial charge in [0.25, 0.3) is 0 Å². The molecule has 2 atom stereocenters. The molecule has 118 valence electrons. The molecule has 1 aliphatic rings. The third kappa shape index (κ3) is 4.00. The highest BCUT2D eigenvalue weighted by Crippen LogP contribution is 2.35. The first kappa shape index (κ1) is 16.8. The predicted molar refractivity (Wildman–Crippen MR) is 91.6 cm³/mol. The van der Waals surface area contributed by atoms with Crippen molar-refractivity contribution < 1.29 is 0 Å². The maximum atomic E-state index is 6.36. The quantitative estimate of drug-likeness (QED) is 0.868. The van der Waals surface area contributed by atoms with E-state index in [-0.39, 0.29) is 0 Å². The Morgan fingerprint density at radius 1 is 1.24 bits per heavy atom. The lowest BCUT2D eigenvalue weighted by Crippen LogP contribution is -2.45. The summed E-state index contributed by atoms with van der Waals surface area (Å²) in [5, 5.41) is 0.852. The zero-order valence-corrected chi connectivity index (χ0v) is 14.3. The van der Waals surface area contributed by atoms with E-state index >= 15 is 0 Å². The number of nitrogens with zero attached hydrogens (tertiary/aromatic N) is 1. The summed E-state index contributed by atoms with van der Waals surface area (Å²) in [5.41, 5.74) is 7.32. The minimum Gasteiger partial charge on any atom is -0.329 e. The monoisotopic (exact) mass is 308 g/mol. The summed E-state index contributed by atoms with van der Waals surface area (Å²) < 4.78 is 0. The van der Waals surface area contributed by atoms with Crippen LogP contribution in [0.2, 0.25) is 5.02 Å². The molecular weight excluding hydrogens is 280 g/mol. The summed E-state index contributed by atoms with van der Waals surface area (Å²) in [7, 11) is 2.20. The molecular formula is C18H29ClN2. The Bertz CT molecular complexity index is 441. The van der Waals surface area contributed by atoms with E-state index in [4.69, 9.17) is 17.3 Å². The normalized spacial score (nSPS) is 25.8.